The maximum Gasteiger partial charge on any atom is 0.261 e. The molecule has 1 amide bonds. The first-order chi connectivity index (χ1) is 12.5. The number of amides is 1. The molecule has 2 aromatic rings. The highest BCUT2D eigenvalue weighted by molar-refractivity contribution is 7.12. The molecular formula is C22H29NO2S. The van der Waals surface area contributed by atoms with Crippen LogP contribution in [0.1, 0.15) is 70.5 Å². The molecule has 1 N–H and O–H groups in total. The van der Waals surface area contributed by atoms with Crippen molar-refractivity contribution in [2.24, 2.45) is 0 Å². The number of hydrogen-bond donors (Lipinski definition) is 1. The van der Waals surface area contributed by atoms with Crippen LogP contribution in [-0.4, -0.2) is 11.9 Å². The van der Waals surface area contributed by atoms with Gasteiger partial charge in [-0.25, -0.2) is 0 Å². The van der Waals surface area contributed by atoms with E-state index < -0.39 is 0 Å². The number of nitrogens with one attached hydrogen (secondary N) is 1. The average Bonchev–Trinajstić information content (AvgIpc) is 2.94. The highest BCUT2D eigenvalue weighted by Crippen LogP contribution is 2.25. The van der Waals surface area contributed by atoms with Crippen molar-refractivity contribution in [3.63, 3.8) is 0 Å². The first-order valence-corrected chi connectivity index (χ1v) is 10.5. The van der Waals surface area contributed by atoms with Crippen LogP contribution in [0.3, 0.4) is 0 Å². The first-order valence-electron chi connectivity index (χ1n) is 9.62. The van der Waals surface area contributed by atoms with Crippen LogP contribution in [0.15, 0.2) is 23.6 Å². The van der Waals surface area contributed by atoms with Gasteiger partial charge in [-0.3, -0.25) is 4.79 Å². The molecule has 1 aliphatic rings. The number of benzene rings is 1. The van der Waals surface area contributed by atoms with Crippen LogP contribution in [-0.2, 0) is 6.61 Å². The van der Waals surface area contributed by atoms with E-state index in [0.717, 1.165) is 29.0 Å². The van der Waals surface area contributed by atoms with Crippen molar-refractivity contribution in [3.05, 3.63) is 50.7 Å². The highest BCUT2D eigenvalue weighted by Gasteiger charge is 2.17. The number of aryl methyl sites for hydroxylation is 2. The number of carbonyl (C=O) groups excluding carboxylic acids is 1. The molecule has 1 aromatic carbocycles. The topological polar surface area (TPSA) is 38.3 Å². The van der Waals surface area contributed by atoms with E-state index in [2.05, 4.69) is 38.2 Å². The van der Waals surface area contributed by atoms with Crippen molar-refractivity contribution < 1.29 is 9.53 Å². The van der Waals surface area contributed by atoms with E-state index in [1.165, 1.54) is 53.7 Å². The lowest BCUT2D eigenvalue weighted by atomic mass is 10.1. The van der Waals surface area contributed by atoms with Crippen LogP contribution >= 0.6 is 11.3 Å². The third kappa shape index (κ3) is 4.88. The Morgan fingerprint density at radius 2 is 1.85 bits per heavy atom. The van der Waals surface area contributed by atoms with Gasteiger partial charge in [0.1, 0.15) is 12.4 Å². The van der Waals surface area contributed by atoms with E-state index in [1.54, 1.807) is 0 Å². The summed E-state index contributed by atoms with van der Waals surface area (Å²) in [4.78, 5) is 13.3. The summed E-state index contributed by atoms with van der Waals surface area (Å²) < 4.78 is 6.02. The summed E-state index contributed by atoms with van der Waals surface area (Å²) in [6.07, 6.45) is 7.26. The molecule has 0 spiro atoms. The second-order valence-electron chi connectivity index (χ2n) is 7.47. The molecule has 1 aliphatic carbocycles. The fraction of sp³-hybridized carbons (Fsp3) is 0.500. The highest BCUT2D eigenvalue weighted by atomic mass is 32.1. The van der Waals surface area contributed by atoms with Crippen molar-refractivity contribution in [2.45, 2.75) is 71.9 Å². The summed E-state index contributed by atoms with van der Waals surface area (Å²) in [7, 11) is 0. The average molecular weight is 372 g/mol. The van der Waals surface area contributed by atoms with Crippen LogP contribution in [0.2, 0.25) is 0 Å². The number of rotatable bonds is 5. The molecule has 0 radical (unpaired) electrons. The number of carbonyl (C=O) groups is 1. The van der Waals surface area contributed by atoms with Crippen molar-refractivity contribution in [3.8, 4) is 5.75 Å². The Labute approximate surface area is 160 Å². The molecule has 3 nitrogen and oxygen atoms in total. The predicted molar refractivity (Wildman–Crippen MR) is 108 cm³/mol. The lowest BCUT2D eigenvalue weighted by Gasteiger charge is -2.15. The van der Waals surface area contributed by atoms with Crippen molar-refractivity contribution in [2.75, 3.05) is 0 Å². The monoisotopic (exact) mass is 371 g/mol. The Hall–Kier alpha value is -1.81. The predicted octanol–water partition coefficient (Wildman–Crippen LogP) is 5.70. The smallest absolute Gasteiger partial charge is 0.261 e. The fourth-order valence-electron chi connectivity index (χ4n) is 3.56. The molecule has 0 unspecified atom stereocenters. The third-order valence-corrected chi connectivity index (χ3v) is 6.20. The normalized spacial score (nSPS) is 15.5. The van der Waals surface area contributed by atoms with E-state index >= 15 is 0 Å². The maximum absolute atomic E-state index is 12.5. The minimum atomic E-state index is 0.0655. The summed E-state index contributed by atoms with van der Waals surface area (Å²) in [6, 6.07) is 6.55. The zero-order valence-electron chi connectivity index (χ0n) is 16.1. The van der Waals surface area contributed by atoms with Crippen molar-refractivity contribution >= 4 is 17.2 Å². The van der Waals surface area contributed by atoms with Gasteiger partial charge in [-0.1, -0.05) is 31.7 Å². The summed E-state index contributed by atoms with van der Waals surface area (Å²) in [5.41, 5.74) is 4.68. The van der Waals surface area contributed by atoms with Gasteiger partial charge in [0.2, 0.25) is 0 Å². The van der Waals surface area contributed by atoms with E-state index in [1.807, 2.05) is 11.4 Å². The lowest BCUT2D eigenvalue weighted by Crippen LogP contribution is -2.33. The Kier molecular flexibility index (Phi) is 6.36. The standard InChI is InChI=1S/C22H29NO2S/c1-15-10-16(2)17(3)20(11-15)25-13-18-12-21(26-14-18)22(24)23-19-8-6-4-5-7-9-19/h10-12,14,19H,4-9,13H2,1-3H3,(H,23,24). The number of ether oxygens (including phenoxy) is 1. The van der Waals surface area contributed by atoms with E-state index in [9.17, 15) is 4.79 Å². The van der Waals surface area contributed by atoms with E-state index in [0.29, 0.717) is 12.6 Å². The molecule has 1 fully saturated rings. The SMILES string of the molecule is Cc1cc(C)c(C)c(OCc2csc(C(=O)NC3CCCCCC3)c2)c1. The summed E-state index contributed by atoms with van der Waals surface area (Å²) in [5.74, 6) is 0.994. The third-order valence-electron chi connectivity index (χ3n) is 5.23. The summed E-state index contributed by atoms with van der Waals surface area (Å²) in [6.45, 7) is 6.77. The van der Waals surface area contributed by atoms with Crippen LogP contribution < -0.4 is 10.1 Å². The van der Waals surface area contributed by atoms with Crippen LogP contribution in [0.25, 0.3) is 0 Å². The van der Waals surface area contributed by atoms with Gasteiger partial charge in [-0.2, -0.15) is 0 Å². The summed E-state index contributed by atoms with van der Waals surface area (Å²) >= 11 is 1.51. The Bertz CT molecular complexity index is 757. The molecule has 0 aliphatic heterocycles. The van der Waals surface area contributed by atoms with Gasteiger partial charge in [-0.05, 0) is 67.8 Å². The molecule has 3 rings (SSSR count). The Balaban J connectivity index is 1.58. The molecule has 0 saturated heterocycles. The minimum absolute atomic E-state index is 0.0655. The number of hydrogen-bond acceptors (Lipinski definition) is 3. The molecular weight excluding hydrogens is 342 g/mol. The molecule has 4 heteroatoms. The quantitative estimate of drug-likeness (QED) is 0.684. The van der Waals surface area contributed by atoms with Gasteiger partial charge in [0.15, 0.2) is 0 Å². The zero-order valence-corrected chi connectivity index (χ0v) is 16.9. The largest absolute Gasteiger partial charge is 0.489 e. The van der Waals surface area contributed by atoms with Gasteiger partial charge in [0, 0.05) is 11.6 Å². The maximum atomic E-state index is 12.5. The molecule has 1 saturated carbocycles. The van der Waals surface area contributed by atoms with Crippen molar-refractivity contribution in [1.29, 1.82) is 0 Å². The van der Waals surface area contributed by atoms with E-state index in [-0.39, 0.29) is 5.91 Å². The minimum Gasteiger partial charge on any atom is -0.489 e. The van der Waals surface area contributed by atoms with Gasteiger partial charge < -0.3 is 10.1 Å². The second kappa shape index (κ2) is 8.72. The van der Waals surface area contributed by atoms with Gasteiger partial charge in [-0.15, -0.1) is 11.3 Å². The van der Waals surface area contributed by atoms with Crippen molar-refractivity contribution in [1.82, 2.24) is 5.32 Å². The Morgan fingerprint density at radius 1 is 1.12 bits per heavy atom. The fourth-order valence-corrected chi connectivity index (χ4v) is 4.36. The molecule has 1 heterocycles. The van der Waals surface area contributed by atoms with E-state index in [4.69, 9.17) is 4.74 Å². The Morgan fingerprint density at radius 3 is 2.58 bits per heavy atom. The summed E-state index contributed by atoms with van der Waals surface area (Å²) in [5, 5.41) is 5.24. The molecule has 26 heavy (non-hydrogen) atoms. The molecule has 0 atom stereocenters. The lowest BCUT2D eigenvalue weighted by molar-refractivity contribution is 0.0937. The van der Waals surface area contributed by atoms with Crippen LogP contribution in [0, 0.1) is 20.8 Å². The second-order valence-corrected chi connectivity index (χ2v) is 8.39. The molecule has 140 valence electrons. The first kappa shape index (κ1) is 19.0. The van der Waals surface area contributed by atoms with Crippen LogP contribution in [0.4, 0.5) is 0 Å². The van der Waals surface area contributed by atoms with Gasteiger partial charge in [0.05, 0.1) is 4.88 Å². The van der Waals surface area contributed by atoms with Gasteiger partial charge in [0.25, 0.3) is 5.91 Å². The van der Waals surface area contributed by atoms with Gasteiger partial charge >= 0.3 is 0 Å². The zero-order chi connectivity index (χ0) is 18.5. The van der Waals surface area contributed by atoms with Crippen LogP contribution in [0.5, 0.6) is 5.75 Å². The molecule has 0 bridgehead atoms. The number of thiophene rings is 1. The molecule has 1 aromatic heterocycles.